The van der Waals surface area contributed by atoms with Crippen LogP contribution >= 0.6 is 0 Å². The fourth-order valence-corrected chi connectivity index (χ4v) is 7.40. The number of hydrogen-bond donors (Lipinski definition) is 2. The highest BCUT2D eigenvalue weighted by atomic mass is 14.8. The van der Waals surface area contributed by atoms with Crippen LogP contribution in [0.1, 0.15) is 139 Å². The van der Waals surface area contributed by atoms with Crippen molar-refractivity contribution in [2.24, 2.45) is 0 Å². The number of rotatable bonds is 2. The van der Waals surface area contributed by atoms with E-state index in [-0.39, 0.29) is 21.7 Å². The van der Waals surface area contributed by atoms with Gasteiger partial charge >= 0.3 is 0 Å². The minimum Gasteiger partial charge on any atom is -0.354 e. The van der Waals surface area contributed by atoms with E-state index in [1.165, 1.54) is 22.3 Å². The van der Waals surface area contributed by atoms with Crippen molar-refractivity contribution in [1.82, 2.24) is 19.9 Å². The SMILES string of the molecule is C#Cc1c2nc(c(C#C)c3ccc([nH]3)c(-c3cc(C(C)(C)C)cc(C(C)(C)C)c3)c3ccc([nH]3)c(-c3cc(C(C)(C)C)cc(C(C)(C)C)c3)c3nc1C=C3)C=C2. The molecule has 2 aromatic carbocycles. The molecule has 5 heterocycles. The Hall–Kier alpha value is -5.84. The van der Waals surface area contributed by atoms with E-state index >= 15 is 0 Å². The Morgan fingerprint density at radius 3 is 1.14 bits per heavy atom. The third kappa shape index (κ3) is 7.18. The van der Waals surface area contributed by atoms with Crippen LogP contribution in [0.4, 0.5) is 0 Å². The van der Waals surface area contributed by atoms with E-state index in [2.05, 4.69) is 172 Å². The highest BCUT2D eigenvalue weighted by Crippen LogP contribution is 2.40. The van der Waals surface area contributed by atoms with Crippen LogP contribution in [0.5, 0.6) is 0 Å². The average Bonchev–Trinajstić information content (AvgIpc) is 3.94. The third-order valence-corrected chi connectivity index (χ3v) is 11.0. The van der Waals surface area contributed by atoms with Gasteiger partial charge in [-0.2, -0.15) is 0 Å². The van der Waals surface area contributed by atoms with Gasteiger partial charge in [0.25, 0.3) is 0 Å². The topological polar surface area (TPSA) is 57.4 Å². The smallest absolute Gasteiger partial charge is 0.0816 e. The van der Waals surface area contributed by atoms with Crippen LogP contribution < -0.4 is 0 Å². The second-order valence-corrected chi connectivity index (χ2v) is 19.4. The summed E-state index contributed by atoms with van der Waals surface area (Å²) in [5, 5.41) is 0. The highest BCUT2D eigenvalue weighted by Gasteiger charge is 2.25. The van der Waals surface area contributed by atoms with Crippen LogP contribution in [0.15, 0.2) is 60.7 Å². The average molecular weight is 735 g/mol. The lowest BCUT2D eigenvalue weighted by Crippen LogP contribution is -2.16. The summed E-state index contributed by atoms with van der Waals surface area (Å²) in [7, 11) is 0. The van der Waals surface area contributed by atoms with Crippen molar-refractivity contribution in [2.75, 3.05) is 0 Å². The number of nitrogens with one attached hydrogen (secondary N) is 2. The number of H-pyrrole nitrogens is 2. The van der Waals surface area contributed by atoms with Crippen molar-refractivity contribution in [3.05, 3.63) is 117 Å². The van der Waals surface area contributed by atoms with E-state index in [1.807, 2.05) is 18.2 Å². The van der Waals surface area contributed by atoms with Gasteiger partial charge in [-0.1, -0.05) is 131 Å². The van der Waals surface area contributed by atoms with Crippen LogP contribution in [-0.2, 0) is 21.7 Å². The zero-order chi connectivity index (χ0) is 40.5. The lowest BCUT2D eigenvalue weighted by Gasteiger charge is -2.26. The lowest BCUT2D eigenvalue weighted by atomic mass is 9.79. The van der Waals surface area contributed by atoms with Gasteiger partial charge in [0.2, 0.25) is 0 Å². The van der Waals surface area contributed by atoms with Crippen molar-refractivity contribution in [3.63, 3.8) is 0 Å². The second kappa shape index (κ2) is 13.4. The molecular formula is C52H54N4. The molecule has 2 aliphatic heterocycles. The normalized spacial score (nSPS) is 13.2. The van der Waals surface area contributed by atoms with Gasteiger partial charge < -0.3 is 9.97 Å². The summed E-state index contributed by atoms with van der Waals surface area (Å²) in [5.41, 5.74) is 16.9. The van der Waals surface area contributed by atoms with Gasteiger partial charge in [-0.05, 0) is 104 Å². The maximum absolute atomic E-state index is 6.23. The van der Waals surface area contributed by atoms with Gasteiger partial charge in [0.1, 0.15) is 0 Å². The number of hydrogen-bond acceptors (Lipinski definition) is 2. The van der Waals surface area contributed by atoms with Crippen LogP contribution in [0.25, 0.3) is 68.6 Å². The van der Waals surface area contributed by atoms with E-state index in [9.17, 15) is 0 Å². The van der Waals surface area contributed by atoms with E-state index < -0.39 is 0 Å². The Bertz CT molecular complexity index is 2670. The first kappa shape index (κ1) is 38.4. The molecule has 0 fully saturated rings. The summed E-state index contributed by atoms with van der Waals surface area (Å²) in [5.74, 6) is 5.82. The Balaban J connectivity index is 1.71. The first-order chi connectivity index (χ1) is 26.1. The lowest BCUT2D eigenvalue weighted by molar-refractivity contribution is 0.568. The molecule has 0 unspecified atom stereocenters. The largest absolute Gasteiger partial charge is 0.354 e. The summed E-state index contributed by atoms with van der Waals surface area (Å²) in [6.45, 7) is 27.3. The van der Waals surface area contributed by atoms with Gasteiger partial charge in [-0.25, -0.2) is 9.97 Å². The zero-order valence-electron chi connectivity index (χ0n) is 35.1. The molecule has 7 rings (SSSR count). The van der Waals surface area contributed by atoms with Crippen molar-refractivity contribution in [3.8, 4) is 46.9 Å². The third-order valence-electron chi connectivity index (χ3n) is 11.0. The van der Waals surface area contributed by atoms with Crippen molar-refractivity contribution >= 4 is 46.4 Å². The molecular weight excluding hydrogens is 681 g/mol. The monoisotopic (exact) mass is 734 g/mol. The molecule has 56 heavy (non-hydrogen) atoms. The first-order valence-electron chi connectivity index (χ1n) is 19.6. The molecule has 0 radical (unpaired) electrons. The first-order valence-corrected chi connectivity index (χ1v) is 19.6. The molecule has 5 aromatic rings. The fraction of sp³-hybridized carbons (Fsp3) is 0.308. The minimum atomic E-state index is -0.0741. The summed E-state index contributed by atoms with van der Waals surface area (Å²) >= 11 is 0. The molecule has 282 valence electrons. The quantitative estimate of drug-likeness (QED) is 0.174. The zero-order valence-corrected chi connectivity index (χ0v) is 35.1. The Morgan fingerprint density at radius 2 is 0.732 bits per heavy atom. The molecule has 3 aromatic heterocycles. The molecule has 0 amide bonds. The van der Waals surface area contributed by atoms with Gasteiger partial charge in [0, 0.05) is 27.7 Å². The van der Waals surface area contributed by atoms with Crippen LogP contribution in [0.3, 0.4) is 0 Å². The van der Waals surface area contributed by atoms with E-state index in [4.69, 9.17) is 22.8 Å². The summed E-state index contributed by atoms with van der Waals surface area (Å²) in [6, 6.07) is 22.6. The summed E-state index contributed by atoms with van der Waals surface area (Å²) in [6.07, 6.45) is 20.4. The Morgan fingerprint density at radius 1 is 0.411 bits per heavy atom. The molecule has 0 atom stereocenters. The number of terminal acetylenes is 2. The molecule has 4 heteroatoms. The molecule has 0 spiro atoms. The number of nitrogens with zero attached hydrogens (tertiary/aromatic N) is 2. The molecule has 0 aliphatic carbocycles. The van der Waals surface area contributed by atoms with Gasteiger partial charge in [0.15, 0.2) is 0 Å². The molecule has 0 saturated carbocycles. The standard InChI is InChI=1S/C52H54N4/c1-15-37-39-17-18-40(53-39)38(16-2)42-20-22-44(55-42)48(32-27-35(51(9,10)11)30-36(28-32)52(12,13)14)46-24-23-45(56-46)47(43-21-19-41(37)54-43)31-25-33(49(3,4)5)29-34(26-31)50(6,7)8/h1-2,17-30,54,56H,3-14H3. The molecule has 4 nitrogen and oxygen atoms in total. The summed E-state index contributed by atoms with van der Waals surface area (Å²) in [4.78, 5) is 17.9. The van der Waals surface area contributed by atoms with Gasteiger partial charge in [-0.3, -0.25) is 0 Å². The van der Waals surface area contributed by atoms with E-state index in [0.29, 0.717) is 28.2 Å². The predicted octanol–water partition coefficient (Wildman–Crippen LogP) is 13.1. The number of aromatic amines is 2. The molecule has 2 N–H and O–H groups in total. The second-order valence-electron chi connectivity index (χ2n) is 19.4. The summed E-state index contributed by atoms with van der Waals surface area (Å²) < 4.78 is 0. The van der Waals surface area contributed by atoms with E-state index in [0.717, 1.165) is 50.0 Å². The van der Waals surface area contributed by atoms with Gasteiger partial charge in [0.05, 0.1) is 39.4 Å². The van der Waals surface area contributed by atoms with Crippen LogP contribution in [0.2, 0.25) is 0 Å². The maximum atomic E-state index is 6.23. The van der Waals surface area contributed by atoms with E-state index in [1.54, 1.807) is 0 Å². The number of aromatic nitrogens is 4. The number of benzene rings is 2. The van der Waals surface area contributed by atoms with Crippen LogP contribution in [0, 0.1) is 24.7 Å². The maximum Gasteiger partial charge on any atom is 0.0816 e. The van der Waals surface area contributed by atoms with Crippen molar-refractivity contribution in [2.45, 2.75) is 105 Å². The highest BCUT2D eigenvalue weighted by molar-refractivity contribution is 5.98. The van der Waals surface area contributed by atoms with Gasteiger partial charge in [-0.15, -0.1) is 12.8 Å². The Kier molecular flexibility index (Phi) is 9.21. The number of fused-ring (bicyclic) bond motifs is 8. The minimum absolute atomic E-state index is 0.0680. The van der Waals surface area contributed by atoms with Crippen molar-refractivity contribution in [1.29, 1.82) is 0 Å². The predicted molar refractivity (Wildman–Crippen MR) is 240 cm³/mol. The Labute approximate surface area is 333 Å². The molecule has 0 saturated heterocycles. The molecule has 2 aliphatic rings. The van der Waals surface area contributed by atoms with Crippen molar-refractivity contribution < 1.29 is 0 Å². The van der Waals surface area contributed by atoms with Crippen LogP contribution in [-0.4, -0.2) is 19.9 Å². The fourth-order valence-electron chi connectivity index (χ4n) is 7.40. The molecule has 8 bridgehead atoms.